The molecule has 2 heterocycles. The highest BCUT2D eigenvalue weighted by Gasteiger charge is 2.04. The lowest BCUT2D eigenvalue weighted by Crippen LogP contribution is -2.43. The van der Waals surface area contributed by atoms with Crippen molar-refractivity contribution in [1.82, 2.24) is 15.4 Å². The summed E-state index contributed by atoms with van der Waals surface area (Å²) in [4.78, 5) is 35.4. The average molecular weight is 303 g/mol. The summed E-state index contributed by atoms with van der Waals surface area (Å²) in [5.41, 5.74) is 4.21. The van der Waals surface area contributed by atoms with E-state index in [0.717, 1.165) is 4.88 Å². The zero-order valence-corrected chi connectivity index (χ0v) is 11.8. The van der Waals surface area contributed by atoms with Crippen LogP contribution in [0.25, 0.3) is 6.08 Å². The highest BCUT2D eigenvalue weighted by Crippen LogP contribution is 2.09. The fourth-order valence-electron chi connectivity index (χ4n) is 1.50. The number of hydrazine groups is 1. The lowest BCUT2D eigenvalue weighted by Gasteiger charge is -2.06. The van der Waals surface area contributed by atoms with E-state index >= 15 is 0 Å². The highest BCUT2D eigenvalue weighted by molar-refractivity contribution is 7.10. The molecule has 2 aromatic rings. The van der Waals surface area contributed by atoms with E-state index in [1.54, 1.807) is 18.2 Å². The molecule has 0 spiro atoms. The van der Waals surface area contributed by atoms with Gasteiger partial charge in [0.2, 0.25) is 0 Å². The summed E-state index contributed by atoms with van der Waals surface area (Å²) in [7, 11) is 0. The van der Waals surface area contributed by atoms with E-state index < -0.39 is 11.8 Å². The van der Waals surface area contributed by atoms with Gasteiger partial charge >= 0.3 is 0 Å². The Hall–Kier alpha value is -2.67. The number of amides is 2. The van der Waals surface area contributed by atoms with Gasteiger partial charge in [-0.05, 0) is 23.6 Å². The third-order valence-electron chi connectivity index (χ3n) is 2.48. The van der Waals surface area contributed by atoms with E-state index in [9.17, 15) is 14.4 Å². The van der Waals surface area contributed by atoms with Gasteiger partial charge in [-0.2, -0.15) is 0 Å². The van der Waals surface area contributed by atoms with Crippen LogP contribution in [-0.4, -0.2) is 16.4 Å². The molecule has 7 heteroatoms. The van der Waals surface area contributed by atoms with Crippen molar-refractivity contribution in [2.45, 2.75) is 6.54 Å². The molecule has 0 aromatic carbocycles. The fourth-order valence-corrected chi connectivity index (χ4v) is 2.12. The molecule has 0 saturated carbocycles. The second-order valence-electron chi connectivity index (χ2n) is 4.05. The van der Waals surface area contributed by atoms with Crippen molar-refractivity contribution in [1.29, 1.82) is 0 Å². The van der Waals surface area contributed by atoms with Gasteiger partial charge in [0, 0.05) is 23.2 Å². The van der Waals surface area contributed by atoms with Crippen LogP contribution in [0.4, 0.5) is 0 Å². The molecule has 6 nitrogen and oxygen atoms in total. The Morgan fingerprint density at radius 2 is 2.05 bits per heavy atom. The van der Waals surface area contributed by atoms with Crippen molar-refractivity contribution in [2.75, 3.05) is 0 Å². The monoisotopic (exact) mass is 303 g/mol. The third kappa shape index (κ3) is 4.73. The second-order valence-corrected chi connectivity index (χ2v) is 5.03. The second kappa shape index (κ2) is 7.20. The number of carbonyl (C=O) groups excluding carboxylic acids is 2. The standard InChI is InChI=1S/C14H13N3O3S/c18-12(7-6-11-4-3-9-21-11)15-16-13(19)10-17-8-2-1-5-14(17)20/h1-9H,10H2,(H,15,18)(H,16,19)/b7-6+. The van der Waals surface area contributed by atoms with Gasteiger partial charge in [0.05, 0.1) is 0 Å². The van der Waals surface area contributed by atoms with Gasteiger partial charge in [0.1, 0.15) is 6.54 Å². The Morgan fingerprint density at radius 1 is 1.19 bits per heavy atom. The van der Waals surface area contributed by atoms with Crippen LogP contribution in [0.2, 0.25) is 0 Å². The number of rotatable bonds is 4. The minimum Gasteiger partial charge on any atom is -0.306 e. The molecule has 0 aliphatic heterocycles. The maximum Gasteiger partial charge on any atom is 0.262 e. The van der Waals surface area contributed by atoms with Crippen molar-refractivity contribution in [3.8, 4) is 0 Å². The van der Waals surface area contributed by atoms with Gasteiger partial charge in [-0.15, -0.1) is 11.3 Å². The average Bonchev–Trinajstić information content (AvgIpc) is 2.99. The largest absolute Gasteiger partial charge is 0.306 e. The molecule has 0 fully saturated rings. The number of hydrogen-bond donors (Lipinski definition) is 2. The topological polar surface area (TPSA) is 80.2 Å². The van der Waals surface area contributed by atoms with Crippen LogP contribution in [0.5, 0.6) is 0 Å². The highest BCUT2D eigenvalue weighted by atomic mass is 32.1. The first kappa shape index (κ1) is 14.7. The minimum atomic E-state index is -0.485. The predicted octanol–water partition coefficient (Wildman–Crippen LogP) is 0.771. The summed E-state index contributed by atoms with van der Waals surface area (Å²) in [6, 6.07) is 8.34. The number of pyridine rings is 1. The number of carbonyl (C=O) groups is 2. The van der Waals surface area contributed by atoms with E-state index in [1.165, 1.54) is 34.2 Å². The van der Waals surface area contributed by atoms with Crippen LogP contribution < -0.4 is 16.4 Å². The first-order valence-electron chi connectivity index (χ1n) is 6.11. The molecule has 0 aliphatic carbocycles. The molecule has 0 atom stereocenters. The smallest absolute Gasteiger partial charge is 0.262 e. The zero-order chi connectivity index (χ0) is 15.1. The quantitative estimate of drug-likeness (QED) is 0.647. The third-order valence-corrected chi connectivity index (χ3v) is 3.32. The summed E-state index contributed by atoms with van der Waals surface area (Å²) >= 11 is 1.50. The van der Waals surface area contributed by atoms with Crippen LogP contribution >= 0.6 is 11.3 Å². The minimum absolute atomic E-state index is 0.158. The van der Waals surface area contributed by atoms with Gasteiger partial charge in [-0.3, -0.25) is 25.2 Å². The van der Waals surface area contributed by atoms with Crippen molar-refractivity contribution < 1.29 is 9.59 Å². The Balaban J connectivity index is 1.80. The maximum atomic E-state index is 11.6. The van der Waals surface area contributed by atoms with Crippen molar-refractivity contribution in [3.63, 3.8) is 0 Å². The summed E-state index contributed by atoms with van der Waals surface area (Å²) in [5.74, 6) is -0.932. The molecular formula is C14H13N3O3S. The molecule has 2 aromatic heterocycles. The number of nitrogens with zero attached hydrogens (tertiary/aromatic N) is 1. The molecule has 0 unspecified atom stereocenters. The van der Waals surface area contributed by atoms with E-state index in [0.29, 0.717) is 0 Å². The first-order chi connectivity index (χ1) is 10.1. The van der Waals surface area contributed by atoms with Gasteiger partial charge in [0.15, 0.2) is 0 Å². The SMILES string of the molecule is O=C(/C=C/c1cccs1)NNC(=O)Cn1ccccc1=O. The van der Waals surface area contributed by atoms with Crippen LogP contribution in [-0.2, 0) is 16.1 Å². The molecule has 0 bridgehead atoms. The Morgan fingerprint density at radius 3 is 2.76 bits per heavy atom. The summed E-state index contributed by atoms with van der Waals surface area (Å²) in [6.45, 7) is -0.158. The van der Waals surface area contributed by atoms with Gasteiger partial charge < -0.3 is 4.57 Å². The Kier molecular flexibility index (Phi) is 5.05. The molecule has 0 saturated heterocycles. The molecule has 0 radical (unpaired) electrons. The lowest BCUT2D eigenvalue weighted by atomic mass is 10.4. The van der Waals surface area contributed by atoms with Gasteiger partial charge in [0.25, 0.3) is 17.4 Å². The molecule has 2 rings (SSSR count). The van der Waals surface area contributed by atoms with Crippen molar-refractivity contribution >= 4 is 29.2 Å². The fraction of sp³-hybridized carbons (Fsp3) is 0.0714. The normalized spacial score (nSPS) is 10.5. The maximum absolute atomic E-state index is 11.6. The number of aromatic nitrogens is 1. The molecule has 2 amide bonds. The molecule has 21 heavy (non-hydrogen) atoms. The van der Waals surface area contributed by atoms with E-state index in [-0.39, 0.29) is 12.1 Å². The summed E-state index contributed by atoms with van der Waals surface area (Å²) in [5, 5.41) is 1.90. The lowest BCUT2D eigenvalue weighted by molar-refractivity contribution is -0.127. The van der Waals surface area contributed by atoms with Crippen LogP contribution in [0.3, 0.4) is 0 Å². The van der Waals surface area contributed by atoms with Crippen LogP contribution in [0.15, 0.2) is 52.8 Å². The number of nitrogens with one attached hydrogen (secondary N) is 2. The van der Waals surface area contributed by atoms with Gasteiger partial charge in [-0.25, -0.2) is 0 Å². The van der Waals surface area contributed by atoms with E-state index in [4.69, 9.17) is 0 Å². The first-order valence-corrected chi connectivity index (χ1v) is 6.99. The summed E-state index contributed by atoms with van der Waals surface area (Å²) < 4.78 is 1.24. The van der Waals surface area contributed by atoms with Crippen molar-refractivity contribution in [3.05, 3.63) is 63.2 Å². The van der Waals surface area contributed by atoms with Crippen molar-refractivity contribution in [2.24, 2.45) is 0 Å². The molecule has 2 N–H and O–H groups in total. The Bertz CT molecular complexity index is 704. The van der Waals surface area contributed by atoms with Crippen LogP contribution in [0.1, 0.15) is 4.88 Å². The Labute approximate surface area is 124 Å². The van der Waals surface area contributed by atoms with Gasteiger partial charge in [-0.1, -0.05) is 12.1 Å². The van der Waals surface area contributed by atoms with E-state index in [2.05, 4.69) is 10.9 Å². The van der Waals surface area contributed by atoms with Crippen LogP contribution in [0, 0.1) is 0 Å². The summed E-state index contributed by atoms with van der Waals surface area (Å²) in [6.07, 6.45) is 4.47. The zero-order valence-electron chi connectivity index (χ0n) is 11.0. The predicted molar refractivity (Wildman–Crippen MR) is 80.3 cm³/mol. The number of hydrogen-bond acceptors (Lipinski definition) is 4. The number of thiophene rings is 1. The van der Waals surface area contributed by atoms with E-state index in [1.807, 2.05) is 17.5 Å². The molecule has 0 aliphatic rings. The molecular weight excluding hydrogens is 290 g/mol. The molecule has 108 valence electrons.